The number of nitrogens with zero attached hydrogens (tertiary/aromatic N) is 4. The third-order valence-electron chi connectivity index (χ3n) is 2.83. The highest BCUT2D eigenvalue weighted by Crippen LogP contribution is 2.20. The first-order valence-electron chi connectivity index (χ1n) is 5.89. The molecule has 0 fully saturated rings. The number of aromatic nitrogens is 4. The number of rotatable bonds is 3. The van der Waals surface area contributed by atoms with Crippen molar-refractivity contribution in [3.8, 4) is 5.82 Å². The van der Waals surface area contributed by atoms with Crippen molar-refractivity contribution in [2.75, 3.05) is 7.05 Å². The highest BCUT2D eigenvalue weighted by molar-refractivity contribution is 9.10. The summed E-state index contributed by atoms with van der Waals surface area (Å²) in [5, 5.41) is 11.5. The van der Waals surface area contributed by atoms with Crippen molar-refractivity contribution in [1.29, 1.82) is 0 Å². The highest BCUT2D eigenvalue weighted by atomic mass is 79.9. The molecule has 0 saturated carbocycles. The van der Waals surface area contributed by atoms with Crippen molar-refractivity contribution in [2.24, 2.45) is 0 Å². The number of benzene rings is 1. The van der Waals surface area contributed by atoms with Gasteiger partial charge in [0.25, 0.3) is 0 Å². The van der Waals surface area contributed by atoms with Crippen molar-refractivity contribution in [3.63, 3.8) is 0 Å². The number of nitrogens with one attached hydrogen (secondary N) is 1. The quantitative estimate of drug-likeness (QED) is 0.805. The second-order valence-corrected chi connectivity index (χ2v) is 5.07. The van der Waals surface area contributed by atoms with E-state index in [0.717, 1.165) is 33.4 Å². The first kappa shape index (κ1) is 12.3. The van der Waals surface area contributed by atoms with Gasteiger partial charge in [-0.25, -0.2) is 4.98 Å². The Bertz CT molecular complexity index is 722. The number of para-hydroxylation sites is 1. The number of hydrogen-bond acceptors (Lipinski definition) is 4. The fourth-order valence-corrected chi connectivity index (χ4v) is 2.39. The predicted octanol–water partition coefficient (Wildman–Crippen LogP) is 2.30. The lowest BCUT2D eigenvalue weighted by atomic mass is 10.2. The molecule has 0 unspecified atom stereocenters. The van der Waals surface area contributed by atoms with Crippen molar-refractivity contribution >= 4 is 27.0 Å². The summed E-state index contributed by atoms with van der Waals surface area (Å²) in [6.07, 6.45) is 1.77. The molecule has 0 saturated heterocycles. The van der Waals surface area contributed by atoms with E-state index in [1.165, 1.54) is 0 Å². The molecule has 0 spiro atoms. The van der Waals surface area contributed by atoms with Gasteiger partial charge in [0.05, 0.1) is 5.52 Å². The van der Waals surface area contributed by atoms with Crippen LogP contribution in [0.15, 0.2) is 41.0 Å². The van der Waals surface area contributed by atoms with Crippen LogP contribution in [0.25, 0.3) is 16.9 Å². The molecule has 0 aliphatic heterocycles. The van der Waals surface area contributed by atoms with Crippen LogP contribution in [0.1, 0.15) is 5.56 Å². The van der Waals surface area contributed by atoms with E-state index < -0.39 is 0 Å². The molecule has 1 aromatic carbocycles. The fraction of sp³-hybridized carbons (Fsp3) is 0.154. The molecule has 19 heavy (non-hydrogen) atoms. The summed E-state index contributed by atoms with van der Waals surface area (Å²) in [6.45, 7) is 0.718. The van der Waals surface area contributed by atoms with E-state index in [2.05, 4.69) is 36.5 Å². The van der Waals surface area contributed by atoms with Gasteiger partial charge in [0, 0.05) is 22.8 Å². The van der Waals surface area contributed by atoms with Gasteiger partial charge >= 0.3 is 0 Å². The second kappa shape index (κ2) is 5.07. The minimum Gasteiger partial charge on any atom is -0.316 e. The zero-order valence-electron chi connectivity index (χ0n) is 10.3. The monoisotopic (exact) mass is 317 g/mol. The van der Waals surface area contributed by atoms with E-state index in [1.807, 2.05) is 37.4 Å². The number of hydrogen-bond donors (Lipinski definition) is 1. The van der Waals surface area contributed by atoms with Crippen LogP contribution >= 0.6 is 15.9 Å². The van der Waals surface area contributed by atoms with Crippen LogP contribution in [0.4, 0.5) is 0 Å². The van der Waals surface area contributed by atoms with E-state index in [9.17, 15) is 0 Å². The van der Waals surface area contributed by atoms with Gasteiger partial charge in [-0.1, -0.05) is 17.3 Å². The van der Waals surface area contributed by atoms with Gasteiger partial charge in [-0.2, -0.15) is 4.68 Å². The minimum atomic E-state index is 0.718. The molecule has 2 aromatic heterocycles. The molecule has 1 N–H and O–H groups in total. The third-order valence-corrected chi connectivity index (χ3v) is 3.26. The minimum absolute atomic E-state index is 0.718. The number of halogens is 1. The molecule has 6 heteroatoms. The van der Waals surface area contributed by atoms with Gasteiger partial charge in [0.2, 0.25) is 0 Å². The maximum Gasteiger partial charge on any atom is 0.160 e. The lowest BCUT2D eigenvalue weighted by molar-refractivity contribution is 0.755. The van der Waals surface area contributed by atoms with Crippen LogP contribution in [-0.2, 0) is 6.54 Å². The molecule has 3 aromatic rings. The molecule has 96 valence electrons. The molecule has 0 aliphatic rings. The average molecular weight is 318 g/mol. The molecule has 0 aliphatic carbocycles. The normalized spacial score (nSPS) is 11.1. The molecular formula is C13H12BrN5. The van der Waals surface area contributed by atoms with Crippen LogP contribution in [-0.4, -0.2) is 27.0 Å². The van der Waals surface area contributed by atoms with Gasteiger partial charge in [0.15, 0.2) is 5.82 Å². The summed E-state index contributed by atoms with van der Waals surface area (Å²) in [5.41, 5.74) is 2.88. The Hall–Kier alpha value is -1.79. The van der Waals surface area contributed by atoms with Crippen LogP contribution < -0.4 is 5.32 Å². The first-order chi connectivity index (χ1) is 9.29. The van der Waals surface area contributed by atoms with Gasteiger partial charge in [0.1, 0.15) is 5.52 Å². The van der Waals surface area contributed by atoms with Crippen LogP contribution in [0.5, 0.6) is 0 Å². The van der Waals surface area contributed by atoms with E-state index in [-0.39, 0.29) is 0 Å². The van der Waals surface area contributed by atoms with Crippen molar-refractivity contribution < 1.29 is 0 Å². The second-order valence-electron chi connectivity index (χ2n) is 4.16. The molecule has 0 radical (unpaired) electrons. The van der Waals surface area contributed by atoms with Crippen LogP contribution in [0.3, 0.4) is 0 Å². The van der Waals surface area contributed by atoms with E-state index in [4.69, 9.17) is 0 Å². The topological polar surface area (TPSA) is 55.6 Å². The lowest BCUT2D eigenvalue weighted by Crippen LogP contribution is -2.11. The summed E-state index contributed by atoms with van der Waals surface area (Å²) >= 11 is 3.44. The van der Waals surface area contributed by atoms with Gasteiger partial charge in [-0.3, -0.25) is 0 Å². The Morgan fingerprint density at radius 2 is 2.16 bits per heavy atom. The first-order valence-corrected chi connectivity index (χ1v) is 6.69. The summed E-state index contributed by atoms with van der Waals surface area (Å²) in [5.74, 6) is 0.797. The van der Waals surface area contributed by atoms with E-state index in [1.54, 1.807) is 10.9 Å². The third kappa shape index (κ3) is 2.24. The van der Waals surface area contributed by atoms with E-state index in [0.29, 0.717) is 0 Å². The Morgan fingerprint density at radius 1 is 1.32 bits per heavy atom. The number of fused-ring (bicyclic) bond motifs is 1. The van der Waals surface area contributed by atoms with Crippen LogP contribution in [0.2, 0.25) is 0 Å². The summed E-state index contributed by atoms with van der Waals surface area (Å²) in [6, 6.07) is 9.89. The summed E-state index contributed by atoms with van der Waals surface area (Å²) in [4.78, 5) is 4.46. The zero-order valence-corrected chi connectivity index (χ0v) is 11.9. The lowest BCUT2D eigenvalue weighted by Gasteiger charge is -2.08. The largest absolute Gasteiger partial charge is 0.316 e. The van der Waals surface area contributed by atoms with Gasteiger partial charge < -0.3 is 5.32 Å². The molecule has 3 rings (SSSR count). The Kier molecular flexibility index (Phi) is 3.27. The molecular weight excluding hydrogens is 306 g/mol. The maximum absolute atomic E-state index is 4.46. The smallest absolute Gasteiger partial charge is 0.160 e. The Morgan fingerprint density at radius 3 is 3.00 bits per heavy atom. The average Bonchev–Trinajstić information content (AvgIpc) is 2.83. The predicted molar refractivity (Wildman–Crippen MR) is 77.1 cm³/mol. The highest BCUT2D eigenvalue weighted by Gasteiger charge is 2.11. The summed E-state index contributed by atoms with van der Waals surface area (Å²) < 4.78 is 2.72. The Balaban J connectivity index is 2.21. The van der Waals surface area contributed by atoms with Crippen molar-refractivity contribution in [2.45, 2.75) is 6.54 Å². The molecule has 0 atom stereocenters. The number of pyridine rings is 1. The molecule has 0 bridgehead atoms. The van der Waals surface area contributed by atoms with Crippen LogP contribution in [0, 0.1) is 0 Å². The molecule has 2 heterocycles. The standard InChI is InChI=1S/C13H12BrN5/c1-15-7-9-6-10(14)8-16-13(9)19-12-5-3-2-4-11(12)17-18-19/h2-6,8,15H,7H2,1H3. The van der Waals surface area contributed by atoms with Crippen molar-refractivity contribution in [3.05, 3.63) is 46.6 Å². The molecule has 5 nitrogen and oxygen atoms in total. The summed E-state index contributed by atoms with van der Waals surface area (Å²) in [7, 11) is 1.91. The fourth-order valence-electron chi connectivity index (χ4n) is 2.01. The Labute approximate surface area is 118 Å². The maximum atomic E-state index is 4.46. The van der Waals surface area contributed by atoms with E-state index >= 15 is 0 Å². The van der Waals surface area contributed by atoms with Crippen molar-refractivity contribution in [1.82, 2.24) is 25.3 Å². The zero-order chi connectivity index (χ0) is 13.2. The van der Waals surface area contributed by atoms with Gasteiger partial charge in [-0.05, 0) is 41.2 Å². The SMILES string of the molecule is CNCc1cc(Br)cnc1-n1nnc2ccccc21. The van der Waals surface area contributed by atoms with Gasteiger partial charge in [-0.15, -0.1) is 5.10 Å². The molecule has 0 amide bonds.